The van der Waals surface area contributed by atoms with Gasteiger partial charge in [0.25, 0.3) is 0 Å². The molecule has 2 N–H and O–H groups in total. The molecular weight excluding hydrogens is 586 g/mol. The molecule has 4 aromatic rings. The molecule has 8 nitrogen and oxygen atoms in total. The van der Waals surface area contributed by atoms with Crippen LogP contribution in [0.5, 0.6) is 11.5 Å². The summed E-state index contributed by atoms with van der Waals surface area (Å²) in [5.74, 6) is 0.442. The molecule has 44 heavy (non-hydrogen) atoms. The summed E-state index contributed by atoms with van der Waals surface area (Å²) in [6.45, 7) is 2.36. The van der Waals surface area contributed by atoms with Crippen LogP contribution in [0, 0.1) is 11.6 Å². The third kappa shape index (κ3) is 8.77. The Kier molecular flexibility index (Phi) is 9.76. The number of piperidine rings is 1. The number of carbonyl (C=O) groups excluding carboxylic acids is 1. The first-order valence-corrected chi connectivity index (χ1v) is 16.1. The Bertz CT molecular complexity index is 1660. The smallest absolute Gasteiger partial charge is 0.322 e. The van der Waals surface area contributed by atoms with Crippen LogP contribution in [0.1, 0.15) is 24.0 Å². The van der Waals surface area contributed by atoms with Crippen molar-refractivity contribution in [1.82, 2.24) is 10.2 Å². The number of carbonyl (C=O) groups is 1. The second-order valence-electron chi connectivity index (χ2n) is 10.8. The summed E-state index contributed by atoms with van der Waals surface area (Å²) < 4.78 is 59.0. The fourth-order valence-electron chi connectivity index (χ4n) is 5.05. The largest absolute Gasteiger partial charge is 0.457 e. The third-order valence-electron chi connectivity index (χ3n) is 7.31. The van der Waals surface area contributed by atoms with Crippen LogP contribution in [0.25, 0.3) is 0 Å². The van der Waals surface area contributed by atoms with E-state index in [0.717, 1.165) is 44.3 Å². The van der Waals surface area contributed by atoms with Crippen molar-refractivity contribution in [3.8, 4) is 11.5 Å². The van der Waals surface area contributed by atoms with Gasteiger partial charge in [-0.3, -0.25) is 14.5 Å². The van der Waals surface area contributed by atoms with E-state index in [9.17, 15) is 22.0 Å². The number of hydrogen-bond donors (Lipinski definition) is 2. The van der Waals surface area contributed by atoms with Gasteiger partial charge < -0.3 is 10.1 Å². The van der Waals surface area contributed by atoms with Crippen molar-refractivity contribution in [2.45, 2.75) is 32.0 Å². The summed E-state index contributed by atoms with van der Waals surface area (Å²) in [4.78, 5) is 17.1. The van der Waals surface area contributed by atoms with Crippen LogP contribution >= 0.6 is 0 Å². The Morgan fingerprint density at radius 3 is 2.11 bits per heavy atom. The topological polar surface area (TPSA) is 91.0 Å². The third-order valence-corrected chi connectivity index (χ3v) is 7.91. The molecule has 5 rings (SSSR count). The molecule has 230 valence electrons. The number of nitrogens with one attached hydrogen (secondary N) is 2. The first-order chi connectivity index (χ1) is 21.1. The minimum Gasteiger partial charge on any atom is -0.457 e. The lowest BCUT2D eigenvalue weighted by atomic mass is 10.0. The molecule has 0 unspecified atom stereocenters. The predicted octanol–water partition coefficient (Wildman–Crippen LogP) is 6.51. The van der Waals surface area contributed by atoms with Gasteiger partial charge in [0.1, 0.15) is 23.1 Å². The molecule has 1 heterocycles. The molecule has 2 amide bonds. The van der Waals surface area contributed by atoms with Crippen molar-refractivity contribution in [3.63, 3.8) is 0 Å². The molecule has 11 heteroatoms. The normalized spacial score (nSPS) is 14.2. The first-order valence-electron chi connectivity index (χ1n) is 14.3. The maximum atomic E-state index is 14.4. The van der Waals surface area contributed by atoms with E-state index < -0.39 is 21.7 Å². The summed E-state index contributed by atoms with van der Waals surface area (Å²) in [7, 11) is -3.34. The highest BCUT2D eigenvalue weighted by molar-refractivity contribution is 7.92. The molecule has 1 saturated heterocycles. The van der Waals surface area contributed by atoms with E-state index in [-0.39, 0.29) is 18.6 Å². The Morgan fingerprint density at radius 1 is 0.886 bits per heavy atom. The van der Waals surface area contributed by atoms with Crippen LogP contribution in [0.2, 0.25) is 0 Å². The van der Waals surface area contributed by atoms with E-state index in [1.165, 1.54) is 35.2 Å². The van der Waals surface area contributed by atoms with Crippen LogP contribution in [0.4, 0.5) is 25.0 Å². The number of rotatable bonds is 10. The number of likely N-dealkylation sites (tertiary alicyclic amines) is 1. The van der Waals surface area contributed by atoms with E-state index in [2.05, 4.69) is 14.9 Å². The van der Waals surface area contributed by atoms with Crippen molar-refractivity contribution < 1.29 is 26.7 Å². The molecule has 0 aromatic heterocycles. The molecule has 0 spiro atoms. The van der Waals surface area contributed by atoms with Crippen LogP contribution < -0.4 is 19.7 Å². The number of benzene rings is 4. The molecule has 4 aromatic carbocycles. The molecule has 0 atom stereocenters. The van der Waals surface area contributed by atoms with Crippen LogP contribution in [-0.2, 0) is 23.1 Å². The number of amides is 2. The van der Waals surface area contributed by atoms with Crippen LogP contribution in [0.3, 0.4) is 0 Å². The molecule has 0 bridgehead atoms. The highest BCUT2D eigenvalue weighted by Gasteiger charge is 2.25. The summed E-state index contributed by atoms with van der Waals surface area (Å²) in [6, 6.07) is 26.0. The summed E-state index contributed by atoms with van der Waals surface area (Å²) in [5, 5.41) is 3.10. The van der Waals surface area contributed by atoms with Gasteiger partial charge in [-0.15, -0.1) is 0 Å². The van der Waals surface area contributed by atoms with Crippen molar-refractivity contribution >= 4 is 27.4 Å². The predicted molar refractivity (Wildman–Crippen MR) is 167 cm³/mol. The van der Waals surface area contributed by atoms with Gasteiger partial charge in [0.2, 0.25) is 10.0 Å². The quantitative estimate of drug-likeness (QED) is 0.211. The SMILES string of the molecule is CS(=O)(=O)Nc1ccc(Oc2ccc(CN3CCC(NC(=O)N(Cc4ccccc4F)c4ccc(F)cc4)CC3)cc2)cc1. The van der Waals surface area contributed by atoms with Gasteiger partial charge in [0, 0.05) is 42.6 Å². The maximum Gasteiger partial charge on any atom is 0.322 e. The van der Waals surface area contributed by atoms with Crippen molar-refractivity contribution in [3.05, 3.63) is 120 Å². The molecule has 0 saturated carbocycles. The Hall–Kier alpha value is -4.48. The van der Waals surface area contributed by atoms with E-state index in [0.29, 0.717) is 28.4 Å². The fraction of sp³-hybridized carbons (Fsp3) is 0.242. The van der Waals surface area contributed by atoms with E-state index >= 15 is 0 Å². The van der Waals surface area contributed by atoms with Crippen LogP contribution in [-0.4, -0.2) is 44.7 Å². The fourth-order valence-corrected chi connectivity index (χ4v) is 5.61. The van der Waals surface area contributed by atoms with Gasteiger partial charge in [-0.25, -0.2) is 22.0 Å². The molecule has 1 aliphatic heterocycles. The zero-order chi connectivity index (χ0) is 31.1. The average molecular weight is 621 g/mol. The van der Waals surface area contributed by atoms with E-state index in [1.807, 2.05) is 24.3 Å². The number of urea groups is 1. The van der Waals surface area contributed by atoms with Gasteiger partial charge in [0.15, 0.2) is 0 Å². The first kappa shape index (κ1) is 31.0. The number of halogens is 2. The maximum absolute atomic E-state index is 14.4. The molecule has 1 fully saturated rings. The van der Waals surface area contributed by atoms with E-state index in [1.54, 1.807) is 42.5 Å². The van der Waals surface area contributed by atoms with Crippen molar-refractivity contribution in [1.29, 1.82) is 0 Å². The zero-order valence-corrected chi connectivity index (χ0v) is 25.1. The summed E-state index contributed by atoms with van der Waals surface area (Å²) in [6.07, 6.45) is 2.62. The van der Waals surface area contributed by atoms with Crippen molar-refractivity contribution in [2.75, 3.05) is 29.0 Å². The van der Waals surface area contributed by atoms with Gasteiger partial charge in [-0.1, -0.05) is 30.3 Å². The van der Waals surface area contributed by atoms with Gasteiger partial charge in [0.05, 0.1) is 12.8 Å². The standard InChI is InChI=1S/C33H34F2N4O4S/c1-44(41,42)37-28-10-16-31(17-11-28)43-30-14-6-24(7-15-30)22-38-20-18-27(19-21-38)36-33(40)39(29-12-8-26(34)9-13-29)23-25-4-2-3-5-32(25)35/h2-17,27,37H,18-23H2,1H3,(H,36,40). The van der Waals surface area contributed by atoms with Gasteiger partial charge >= 0.3 is 6.03 Å². The van der Waals surface area contributed by atoms with Crippen LogP contribution in [0.15, 0.2) is 97.1 Å². The Labute approximate surface area is 256 Å². The summed E-state index contributed by atoms with van der Waals surface area (Å²) >= 11 is 0. The van der Waals surface area contributed by atoms with Gasteiger partial charge in [-0.2, -0.15) is 0 Å². The van der Waals surface area contributed by atoms with Gasteiger partial charge in [-0.05, 0) is 85.1 Å². The van der Waals surface area contributed by atoms with Crippen molar-refractivity contribution in [2.24, 2.45) is 0 Å². The zero-order valence-electron chi connectivity index (χ0n) is 24.2. The Balaban J connectivity index is 1.12. The lowest BCUT2D eigenvalue weighted by Crippen LogP contribution is -2.49. The number of hydrogen-bond acceptors (Lipinski definition) is 5. The van der Waals surface area contributed by atoms with E-state index in [4.69, 9.17) is 4.74 Å². The minimum atomic E-state index is -3.34. The number of nitrogens with zero attached hydrogens (tertiary/aromatic N) is 2. The second-order valence-corrected chi connectivity index (χ2v) is 12.5. The summed E-state index contributed by atoms with van der Waals surface area (Å²) in [5.41, 5.74) is 2.45. The second kappa shape index (κ2) is 13.9. The molecule has 1 aliphatic rings. The highest BCUT2D eigenvalue weighted by Crippen LogP contribution is 2.25. The number of sulfonamides is 1. The molecular formula is C33H34F2N4O4S. The minimum absolute atomic E-state index is 0.0222. The lowest BCUT2D eigenvalue weighted by Gasteiger charge is -2.34. The lowest BCUT2D eigenvalue weighted by molar-refractivity contribution is 0.188. The number of ether oxygens (including phenoxy) is 1. The molecule has 0 radical (unpaired) electrons. The number of anilines is 2. The monoisotopic (exact) mass is 620 g/mol. The highest BCUT2D eigenvalue weighted by atomic mass is 32.2. The average Bonchev–Trinajstić information content (AvgIpc) is 2.99. The molecule has 0 aliphatic carbocycles. The Morgan fingerprint density at radius 2 is 1.50 bits per heavy atom.